The fourth-order valence-corrected chi connectivity index (χ4v) is 11.4. The number of carbonyl (C=O) groups excluding carboxylic acids is 13. The highest BCUT2D eigenvalue weighted by molar-refractivity contribution is 6.03. The fraction of sp³-hybridized carbons (Fsp3) is 0.641. The molecule has 12 atom stereocenters. The van der Waals surface area contributed by atoms with Crippen LogP contribution in [0.25, 0.3) is 0 Å². The lowest BCUT2D eigenvalue weighted by atomic mass is 9.96. The van der Waals surface area contributed by atoms with E-state index in [1.807, 2.05) is 16.0 Å². The second-order valence-electron chi connectivity index (χ2n) is 25.5. The van der Waals surface area contributed by atoms with Crippen molar-refractivity contribution in [3.8, 4) is 0 Å². The third-order valence-corrected chi connectivity index (χ3v) is 17.1. The number of rotatable bonds is 26. The first-order valence-corrected chi connectivity index (χ1v) is 33.6. The van der Waals surface area contributed by atoms with Crippen LogP contribution in [-0.4, -0.2) is 224 Å². The quantitative estimate of drug-likeness (QED) is 0.0332. The molecule has 4 rings (SSSR count). The first-order valence-electron chi connectivity index (χ1n) is 33.6. The minimum atomic E-state index is -2.18. The van der Waals surface area contributed by atoms with Gasteiger partial charge in [-0.05, 0) is 89.5 Å². The Hall–Kier alpha value is -10.0. The Morgan fingerprint density at radius 1 is 0.570 bits per heavy atom. The normalized spacial score (nSPS) is 23.8. The van der Waals surface area contributed by atoms with Crippen molar-refractivity contribution >= 4 is 106 Å². The molecule has 3 aliphatic heterocycles. The molecule has 100 heavy (non-hydrogen) atoms. The third-order valence-electron chi connectivity index (χ3n) is 17.1. The molecule has 36 nitrogen and oxygen atoms in total. The number of carboxylic acid groups (broad SMARTS) is 4. The summed E-state index contributed by atoms with van der Waals surface area (Å²) in [6, 6.07) is -13.5. The molecular formula is C64H97N15O21. The average molecular weight is 1410 g/mol. The molecular weight excluding hydrogens is 1310 g/mol. The summed E-state index contributed by atoms with van der Waals surface area (Å²) < 4.78 is 0. The van der Waals surface area contributed by atoms with Crippen LogP contribution in [0.15, 0.2) is 24.3 Å². The van der Waals surface area contributed by atoms with Crippen molar-refractivity contribution in [3.05, 3.63) is 29.8 Å². The van der Waals surface area contributed by atoms with E-state index in [1.54, 1.807) is 13.8 Å². The molecule has 0 saturated carbocycles. The number of hydrogen-bond acceptors (Lipinski definition) is 19. The molecule has 0 radical (unpaired) electrons. The molecule has 0 aliphatic carbocycles. The zero-order valence-corrected chi connectivity index (χ0v) is 57.1. The number of nitrogens with zero attached hydrogens (tertiary/aromatic N) is 2. The standard InChI is InChI=1S/C64H97N15O21/c1-7-8-9-10-11-12-13-14-15-21-44(80)77-76-38-24-22-37(23-25-38)54(89)70-41(30-49(87)88)57(92)75-53-36(6)68-58(93)43-20-18-27-79(43)62(97)50(33(2)3)73-61(96)52(35(5)65)72-46(82)32-67-55(90)39(28-47(83)84)69-45(81)31-66-56(91)40(29-48(85)86)71-60(95)51(34(4)64(99)100)74-59(94)42-19-16-17-26-78(42)63(53)98/h22-25,33-36,39-43,50-53,76H,7-21,26-32,65H2,1-6H3,(H,66,91)(H,67,90)(H,68,93)(H,69,81)(H,70,89)(H,71,95)(H,72,82)(H,73,96)(H,74,94)(H,75,92)(H,77,80)(H,83,84)(H,85,86)(H,87,88)(H,99,100). The summed E-state index contributed by atoms with van der Waals surface area (Å²) in [5, 5.41) is 62.4. The van der Waals surface area contributed by atoms with Crippen molar-refractivity contribution in [3.63, 3.8) is 0 Å². The van der Waals surface area contributed by atoms with Crippen LogP contribution in [0.1, 0.15) is 167 Å². The maximum absolute atomic E-state index is 15.3. The number of unbranched alkanes of at least 4 members (excludes halogenated alkanes) is 8. The number of benzene rings is 1. The number of fused-ring (bicyclic) bond motifs is 2. The van der Waals surface area contributed by atoms with E-state index < -0.39 is 205 Å². The molecule has 0 aromatic heterocycles. The van der Waals surface area contributed by atoms with Gasteiger partial charge in [0.1, 0.15) is 54.4 Å². The maximum atomic E-state index is 15.3. The Labute approximate surface area is 577 Å². The molecule has 3 saturated heterocycles. The van der Waals surface area contributed by atoms with Gasteiger partial charge in [-0.15, -0.1) is 0 Å². The Balaban J connectivity index is 1.75. The van der Waals surface area contributed by atoms with E-state index in [9.17, 15) is 97.1 Å². The highest BCUT2D eigenvalue weighted by atomic mass is 16.4. The molecule has 36 heteroatoms. The average Bonchev–Trinajstić information content (AvgIpc) is 1.26. The zero-order valence-electron chi connectivity index (χ0n) is 57.1. The summed E-state index contributed by atoms with van der Waals surface area (Å²) in [5.41, 5.74) is 11.7. The number of anilines is 1. The van der Waals surface area contributed by atoms with Gasteiger partial charge in [0.25, 0.3) is 5.91 Å². The molecule has 3 aliphatic rings. The lowest BCUT2D eigenvalue weighted by Crippen LogP contribution is -2.66. The van der Waals surface area contributed by atoms with Gasteiger partial charge in [0.05, 0.1) is 50.0 Å². The highest BCUT2D eigenvalue weighted by Gasteiger charge is 2.45. The number of carboxylic acids is 4. The van der Waals surface area contributed by atoms with E-state index in [4.69, 9.17) is 5.73 Å². The van der Waals surface area contributed by atoms with E-state index in [2.05, 4.69) is 55.0 Å². The van der Waals surface area contributed by atoms with E-state index in [-0.39, 0.29) is 63.1 Å². The highest BCUT2D eigenvalue weighted by Crippen LogP contribution is 2.24. The van der Waals surface area contributed by atoms with Gasteiger partial charge in [0.15, 0.2) is 0 Å². The second kappa shape index (κ2) is 40.8. The first-order chi connectivity index (χ1) is 47.2. The van der Waals surface area contributed by atoms with Crippen LogP contribution >= 0.6 is 0 Å². The van der Waals surface area contributed by atoms with Crippen LogP contribution in [0.2, 0.25) is 0 Å². The van der Waals surface area contributed by atoms with Gasteiger partial charge in [0, 0.05) is 31.1 Å². The van der Waals surface area contributed by atoms with Crippen molar-refractivity contribution in [1.29, 1.82) is 0 Å². The smallest absolute Gasteiger partial charge is 0.308 e. The summed E-state index contributed by atoms with van der Waals surface area (Å²) in [6.45, 7) is 6.35. The second-order valence-corrected chi connectivity index (χ2v) is 25.5. The molecule has 0 bridgehead atoms. The fourth-order valence-electron chi connectivity index (χ4n) is 11.4. The monoisotopic (exact) mass is 1410 g/mol. The van der Waals surface area contributed by atoms with Crippen LogP contribution in [0.3, 0.4) is 0 Å². The molecule has 18 N–H and O–H groups in total. The van der Waals surface area contributed by atoms with Crippen molar-refractivity contribution in [2.75, 3.05) is 31.6 Å². The zero-order chi connectivity index (χ0) is 74.5. The Morgan fingerprint density at radius 3 is 1.63 bits per heavy atom. The lowest BCUT2D eigenvalue weighted by Gasteiger charge is -2.39. The molecule has 1 aromatic rings. The Bertz CT molecular complexity index is 3130. The molecule has 3 fully saturated rings. The van der Waals surface area contributed by atoms with E-state index in [0.717, 1.165) is 42.4 Å². The van der Waals surface area contributed by atoms with E-state index in [1.165, 1.54) is 63.8 Å². The predicted octanol–water partition coefficient (Wildman–Crippen LogP) is -2.67. The Kier molecular flexibility index (Phi) is 33.6. The van der Waals surface area contributed by atoms with Crippen LogP contribution in [-0.2, 0) is 76.7 Å². The summed E-state index contributed by atoms with van der Waals surface area (Å²) in [4.78, 5) is 233. The van der Waals surface area contributed by atoms with Crippen LogP contribution in [0.5, 0.6) is 0 Å². The molecule has 3 heterocycles. The number of hydrazine groups is 1. The van der Waals surface area contributed by atoms with Crippen molar-refractivity contribution < 1.29 is 102 Å². The van der Waals surface area contributed by atoms with Gasteiger partial charge in [-0.25, -0.2) is 0 Å². The Morgan fingerprint density at radius 2 is 1.08 bits per heavy atom. The molecule has 12 unspecified atom stereocenters. The number of nitrogens with one attached hydrogen (secondary N) is 12. The van der Waals surface area contributed by atoms with Crippen LogP contribution in [0.4, 0.5) is 5.69 Å². The molecule has 0 spiro atoms. The van der Waals surface area contributed by atoms with E-state index >= 15 is 4.79 Å². The SMILES string of the molecule is CCCCCCCCCCCC(=O)NNc1ccc(C(=O)NC(CC(=O)O)C(=O)NC2C(=O)N3CCCCC3C(=O)NC(C(C)C(=O)O)C(=O)NC(CC(=O)O)C(=O)NCC(=O)NC(CC(=O)O)C(=O)NCC(=O)NC(C(C)N)C(=O)NC(C(C)C)C(=O)N3CCCC3C(=O)NC2C)cc1. The minimum Gasteiger partial charge on any atom is -0.481 e. The predicted molar refractivity (Wildman–Crippen MR) is 353 cm³/mol. The van der Waals surface area contributed by atoms with Gasteiger partial charge >= 0.3 is 23.9 Å². The number of amides is 13. The van der Waals surface area contributed by atoms with Crippen molar-refractivity contribution in [1.82, 2.24) is 68.4 Å². The van der Waals surface area contributed by atoms with Crippen LogP contribution < -0.4 is 69.8 Å². The summed E-state index contributed by atoms with van der Waals surface area (Å²) in [5.74, 6) is -23.4. The number of nitrogens with two attached hydrogens (primary N) is 1. The van der Waals surface area contributed by atoms with Crippen molar-refractivity contribution in [2.24, 2.45) is 17.6 Å². The number of aliphatic carboxylic acids is 4. The first kappa shape index (κ1) is 82.4. The molecule has 1 aromatic carbocycles. The minimum absolute atomic E-state index is 0.00727. The number of piperidine rings is 1. The number of carbonyl (C=O) groups is 17. The van der Waals surface area contributed by atoms with Crippen molar-refractivity contribution in [2.45, 2.75) is 224 Å². The van der Waals surface area contributed by atoms with Gasteiger partial charge in [-0.1, -0.05) is 72.1 Å². The van der Waals surface area contributed by atoms with Gasteiger partial charge in [0.2, 0.25) is 70.9 Å². The largest absolute Gasteiger partial charge is 0.481 e. The summed E-state index contributed by atoms with van der Waals surface area (Å²) >= 11 is 0. The van der Waals surface area contributed by atoms with Gasteiger partial charge in [-0.2, -0.15) is 0 Å². The number of hydrogen-bond donors (Lipinski definition) is 17. The maximum Gasteiger partial charge on any atom is 0.308 e. The molecule has 13 amide bonds. The third kappa shape index (κ3) is 26.3. The van der Waals surface area contributed by atoms with E-state index in [0.29, 0.717) is 12.1 Å². The lowest BCUT2D eigenvalue weighted by molar-refractivity contribution is -0.150. The van der Waals surface area contributed by atoms with Gasteiger partial charge in [-0.3, -0.25) is 92.4 Å². The van der Waals surface area contributed by atoms with Gasteiger partial charge < -0.3 is 89.1 Å². The van der Waals surface area contributed by atoms with Crippen LogP contribution in [0, 0.1) is 11.8 Å². The molecule has 554 valence electrons. The topological polar surface area (TPSA) is 548 Å². The summed E-state index contributed by atoms with van der Waals surface area (Å²) in [7, 11) is 0. The summed E-state index contributed by atoms with van der Waals surface area (Å²) in [6.07, 6.45) is 6.80.